The van der Waals surface area contributed by atoms with Crippen molar-refractivity contribution in [3.63, 3.8) is 0 Å². The number of hydrogen-bond donors (Lipinski definition) is 1. The van der Waals surface area contributed by atoms with Crippen LogP contribution in [0.25, 0.3) is 10.9 Å². The average molecular weight is 267 g/mol. The van der Waals surface area contributed by atoms with Gasteiger partial charge in [-0.2, -0.15) is 0 Å². The highest BCUT2D eigenvalue weighted by Crippen LogP contribution is 2.30. The lowest BCUT2D eigenvalue weighted by atomic mass is 10.1. The molecule has 0 aliphatic heterocycles. The van der Waals surface area contributed by atoms with Crippen LogP contribution in [0.4, 0.5) is 0 Å². The summed E-state index contributed by atoms with van der Waals surface area (Å²) in [7, 11) is 0. The monoisotopic (exact) mass is 267 g/mol. The smallest absolute Gasteiger partial charge is 0.129 e. The highest BCUT2D eigenvalue weighted by Gasteiger charge is 2.02. The predicted octanol–water partition coefficient (Wildman–Crippen LogP) is 4.23. The minimum absolute atomic E-state index is 0.343. The minimum Gasteiger partial charge on any atom is -0.507 e. The second-order valence-corrected chi connectivity index (χ2v) is 5.30. The van der Waals surface area contributed by atoms with Gasteiger partial charge in [0.05, 0.1) is 5.52 Å². The number of aromatic hydroxyl groups is 1. The lowest BCUT2D eigenvalue weighted by Crippen LogP contribution is -1.83. The third kappa shape index (κ3) is 2.71. The van der Waals surface area contributed by atoms with Crippen LogP contribution in [-0.4, -0.2) is 10.1 Å². The Balaban J connectivity index is 1.80. The van der Waals surface area contributed by atoms with Crippen molar-refractivity contribution in [2.45, 2.75) is 10.6 Å². The number of para-hydroxylation sites is 1. The van der Waals surface area contributed by atoms with E-state index in [2.05, 4.69) is 23.2 Å². The molecule has 0 fully saturated rings. The summed E-state index contributed by atoms with van der Waals surface area (Å²) in [5, 5.41) is 10.9. The highest BCUT2D eigenvalue weighted by molar-refractivity contribution is 7.98. The first kappa shape index (κ1) is 12.1. The molecular formula is C16H13NOS. The number of hydrogen-bond acceptors (Lipinski definition) is 3. The normalized spacial score (nSPS) is 10.7. The van der Waals surface area contributed by atoms with Crippen LogP contribution in [-0.2, 0) is 5.75 Å². The van der Waals surface area contributed by atoms with E-state index < -0.39 is 0 Å². The highest BCUT2D eigenvalue weighted by atomic mass is 32.2. The first-order valence-corrected chi connectivity index (χ1v) is 7.06. The van der Waals surface area contributed by atoms with Gasteiger partial charge in [0.1, 0.15) is 5.75 Å². The minimum atomic E-state index is 0.343. The van der Waals surface area contributed by atoms with Crippen LogP contribution in [0.15, 0.2) is 65.7 Å². The van der Waals surface area contributed by atoms with E-state index in [4.69, 9.17) is 0 Å². The number of pyridine rings is 1. The maximum atomic E-state index is 9.73. The number of phenols is 1. The van der Waals surface area contributed by atoms with Crippen LogP contribution in [0.5, 0.6) is 5.75 Å². The molecular weight excluding hydrogens is 254 g/mol. The molecule has 0 bridgehead atoms. The summed E-state index contributed by atoms with van der Waals surface area (Å²) >= 11 is 1.64. The molecule has 2 nitrogen and oxygen atoms in total. The fraction of sp³-hybridized carbons (Fsp3) is 0.0625. The van der Waals surface area contributed by atoms with Gasteiger partial charge in [0.25, 0.3) is 0 Å². The average Bonchev–Trinajstić information content (AvgIpc) is 2.46. The van der Waals surface area contributed by atoms with Crippen LogP contribution in [0.1, 0.15) is 5.56 Å². The Morgan fingerprint density at radius 2 is 1.89 bits per heavy atom. The summed E-state index contributed by atoms with van der Waals surface area (Å²) in [6, 6.07) is 17.7. The van der Waals surface area contributed by atoms with Gasteiger partial charge < -0.3 is 5.11 Å². The van der Waals surface area contributed by atoms with Crippen molar-refractivity contribution in [3.05, 3.63) is 66.4 Å². The number of rotatable bonds is 3. The van der Waals surface area contributed by atoms with Crippen molar-refractivity contribution in [3.8, 4) is 5.75 Å². The maximum absolute atomic E-state index is 9.73. The van der Waals surface area contributed by atoms with Gasteiger partial charge in [0, 0.05) is 22.2 Å². The zero-order chi connectivity index (χ0) is 13.1. The van der Waals surface area contributed by atoms with Crippen LogP contribution < -0.4 is 0 Å². The first-order valence-electron chi connectivity index (χ1n) is 6.07. The van der Waals surface area contributed by atoms with Crippen molar-refractivity contribution < 1.29 is 5.11 Å². The fourth-order valence-electron chi connectivity index (χ4n) is 1.96. The van der Waals surface area contributed by atoms with Crippen LogP contribution >= 0.6 is 11.8 Å². The molecule has 0 saturated heterocycles. The Kier molecular flexibility index (Phi) is 3.38. The molecule has 0 aliphatic carbocycles. The van der Waals surface area contributed by atoms with Crippen LogP contribution in [0, 0.1) is 0 Å². The second-order valence-electron chi connectivity index (χ2n) is 4.29. The van der Waals surface area contributed by atoms with Crippen molar-refractivity contribution >= 4 is 22.7 Å². The number of benzene rings is 2. The molecule has 1 heterocycles. The Morgan fingerprint density at radius 1 is 1.00 bits per heavy atom. The van der Waals surface area contributed by atoms with Gasteiger partial charge in [-0.3, -0.25) is 4.98 Å². The number of thioether (sulfide) groups is 1. The molecule has 3 heteroatoms. The summed E-state index contributed by atoms with van der Waals surface area (Å²) in [4.78, 5) is 5.22. The van der Waals surface area contributed by atoms with Crippen LogP contribution in [0.3, 0.4) is 0 Å². The molecule has 0 unspecified atom stereocenters. The van der Waals surface area contributed by atoms with Crippen molar-refractivity contribution in [2.75, 3.05) is 0 Å². The molecule has 0 radical (unpaired) electrons. The molecule has 0 atom stereocenters. The number of aromatic nitrogens is 1. The third-order valence-corrected chi connectivity index (χ3v) is 4.06. The van der Waals surface area contributed by atoms with Crippen molar-refractivity contribution in [2.24, 2.45) is 0 Å². The maximum Gasteiger partial charge on any atom is 0.129 e. The molecule has 0 aliphatic rings. The van der Waals surface area contributed by atoms with E-state index in [1.54, 1.807) is 24.0 Å². The second kappa shape index (κ2) is 5.33. The van der Waals surface area contributed by atoms with E-state index in [0.717, 1.165) is 21.6 Å². The molecule has 3 rings (SSSR count). The Bertz CT molecular complexity index is 712. The number of fused-ring (bicyclic) bond motifs is 1. The number of phenolic OH excluding ortho intramolecular Hbond substituents is 1. The lowest BCUT2D eigenvalue weighted by molar-refractivity contribution is 0.462. The molecule has 0 amide bonds. The molecule has 0 spiro atoms. The standard InChI is InChI=1S/C16H13NOS/c18-15-5-1-2-6-16(15)19-11-12-7-8-14-13(10-12)4-3-9-17-14/h1-10,18H,11H2. The van der Waals surface area contributed by atoms with Crippen molar-refractivity contribution in [1.29, 1.82) is 0 Å². The largest absolute Gasteiger partial charge is 0.507 e. The van der Waals surface area contributed by atoms with Crippen molar-refractivity contribution in [1.82, 2.24) is 4.98 Å². The zero-order valence-corrected chi connectivity index (χ0v) is 11.1. The summed E-state index contributed by atoms with van der Waals surface area (Å²) in [6.45, 7) is 0. The third-order valence-electron chi connectivity index (χ3n) is 2.93. The van der Waals surface area contributed by atoms with Gasteiger partial charge in [-0.05, 0) is 35.9 Å². The van der Waals surface area contributed by atoms with Gasteiger partial charge in [-0.25, -0.2) is 0 Å². The Labute approximate surface area is 116 Å². The summed E-state index contributed by atoms with van der Waals surface area (Å²) in [5.41, 5.74) is 2.24. The Hall–Kier alpha value is -2.00. The van der Waals surface area contributed by atoms with Gasteiger partial charge in [0.2, 0.25) is 0 Å². The summed E-state index contributed by atoms with van der Waals surface area (Å²) in [5.74, 6) is 1.18. The van der Waals surface area contributed by atoms with E-state index in [0.29, 0.717) is 5.75 Å². The van der Waals surface area contributed by atoms with E-state index >= 15 is 0 Å². The van der Waals surface area contributed by atoms with Gasteiger partial charge in [0.15, 0.2) is 0 Å². The molecule has 0 saturated carbocycles. The van der Waals surface area contributed by atoms with Gasteiger partial charge in [-0.15, -0.1) is 11.8 Å². The SMILES string of the molecule is Oc1ccccc1SCc1ccc2ncccc2c1. The fourth-order valence-corrected chi connectivity index (χ4v) is 2.85. The quantitative estimate of drug-likeness (QED) is 0.721. The van der Waals surface area contributed by atoms with E-state index in [9.17, 15) is 5.11 Å². The molecule has 1 N–H and O–H groups in total. The lowest BCUT2D eigenvalue weighted by Gasteiger charge is -2.05. The van der Waals surface area contributed by atoms with Crippen LogP contribution in [0.2, 0.25) is 0 Å². The zero-order valence-electron chi connectivity index (χ0n) is 10.3. The molecule has 1 aromatic heterocycles. The topological polar surface area (TPSA) is 33.1 Å². The molecule has 94 valence electrons. The van der Waals surface area contributed by atoms with E-state index in [1.165, 1.54) is 5.56 Å². The number of nitrogens with zero attached hydrogens (tertiary/aromatic N) is 1. The van der Waals surface area contributed by atoms with E-state index in [-0.39, 0.29) is 0 Å². The van der Waals surface area contributed by atoms with Gasteiger partial charge >= 0.3 is 0 Å². The first-order chi connectivity index (χ1) is 9.33. The summed E-state index contributed by atoms with van der Waals surface area (Å²) in [6.07, 6.45) is 1.80. The molecule has 19 heavy (non-hydrogen) atoms. The summed E-state index contributed by atoms with van der Waals surface area (Å²) < 4.78 is 0. The molecule has 3 aromatic rings. The van der Waals surface area contributed by atoms with E-state index in [1.807, 2.05) is 30.3 Å². The molecule has 2 aromatic carbocycles. The predicted molar refractivity (Wildman–Crippen MR) is 79.4 cm³/mol. The Morgan fingerprint density at radius 3 is 2.79 bits per heavy atom. The van der Waals surface area contributed by atoms with Gasteiger partial charge in [-0.1, -0.05) is 24.3 Å².